The second-order valence-corrected chi connectivity index (χ2v) is 8.47. The van der Waals surface area contributed by atoms with E-state index in [9.17, 15) is 14.4 Å². The molecule has 1 aromatic heterocycles. The molecule has 0 spiro atoms. The van der Waals surface area contributed by atoms with E-state index < -0.39 is 11.9 Å². The molecule has 1 aliphatic heterocycles. The van der Waals surface area contributed by atoms with Crippen molar-refractivity contribution in [3.63, 3.8) is 0 Å². The zero-order valence-electron chi connectivity index (χ0n) is 18.5. The van der Waals surface area contributed by atoms with Crippen LogP contribution in [0, 0.1) is 0 Å². The van der Waals surface area contributed by atoms with Crippen molar-refractivity contribution in [1.29, 1.82) is 0 Å². The second kappa shape index (κ2) is 13.3. The SMILES string of the molecule is C=C1NC(=O)SC1Cc1ccc(OCCc2ccc(CC)cn2)cc1.O=C(O)CCC(=O)O. The van der Waals surface area contributed by atoms with Crippen molar-refractivity contribution in [1.82, 2.24) is 10.3 Å². The number of carboxylic acid groups (broad SMARTS) is 2. The van der Waals surface area contributed by atoms with Crippen LogP contribution < -0.4 is 10.1 Å². The van der Waals surface area contributed by atoms with Crippen molar-refractivity contribution >= 4 is 28.9 Å². The third kappa shape index (κ3) is 9.78. The van der Waals surface area contributed by atoms with Gasteiger partial charge in [0.2, 0.25) is 0 Å². The Morgan fingerprint density at radius 3 is 2.21 bits per heavy atom. The molecule has 1 unspecified atom stereocenters. The lowest BCUT2D eigenvalue weighted by atomic mass is 10.1. The monoisotopic (exact) mass is 472 g/mol. The highest BCUT2D eigenvalue weighted by atomic mass is 32.2. The first-order valence-electron chi connectivity index (χ1n) is 10.5. The summed E-state index contributed by atoms with van der Waals surface area (Å²) in [5.74, 6) is -1.30. The van der Waals surface area contributed by atoms with E-state index in [0.717, 1.165) is 36.4 Å². The lowest BCUT2D eigenvalue weighted by Crippen LogP contribution is -2.12. The van der Waals surface area contributed by atoms with Gasteiger partial charge in [-0.15, -0.1) is 0 Å². The van der Waals surface area contributed by atoms with Crippen molar-refractivity contribution in [3.05, 3.63) is 71.7 Å². The first-order valence-corrected chi connectivity index (χ1v) is 11.4. The van der Waals surface area contributed by atoms with Crippen LogP contribution in [-0.4, -0.2) is 44.2 Å². The first-order chi connectivity index (χ1) is 15.8. The zero-order chi connectivity index (χ0) is 24.2. The third-order valence-electron chi connectivity index (χ3n) is 4.72. The summed E-state index contributed by atoms with van der Waals surface area (Å²) in [6, 6.07) is 12.2. The van der Waals surface area contributed by atoms with Gasteiger partial charge in [-0.05, 0) is 42.2 Å². The maximum absolute atomic E-state index is 11.3. The number of hydrogen-bond acceptors (Lipinski definition) is 6. The second-order valence-electron chi connectivity index (χ2n) is 7.29. The summed E-state index contributed by atoms with van der Waals surface area (Å²) in [4.78, 5) is 35.1. The molecule has 2 heterocycles. The largest absolute Gasteiger partial charge is 0.493 e. The molecular formula is C24H28N2O6S. The number of carbonyl (C=O) groups excluding carboxylic acids is 1. The van der Waals surface area contributed by atoms with E-state index >= 15 is 0 Å². The van der Waals surface area contributed by atoms with E-state index in [2.05, 4.69) is 35.9 Å². The van der Waals surface area contributed by atoms with Crippen molar-refractivity contribution in [2.45, 2.75) is 44.3 Å². The summed E-state index contributed by atoms with van der Waals surface area (Å²) in [7, 11) is 0. The Hall–Kier alpha value is -3.33. The number of hydrogen-bond donors (Lipinski definition) is 3. The van der Waals surface area contributed by atoms with Crippen molar-refractivity contribution in [3.8, 4) is 5.75 Å². The van der Waals surface area contributed by atoms with E-state index in [1.165, 1.54) is 22.9 Å². The Bertz CT molecular complexity index is 946. The lowest BCUT2D eigenvalue weighted by Gasteiger charge is -2.10. The smallest absolute Gasteiger partial charge is 0.303 e. The molecule has 3 rings (SSSR count). The Labute approximate surface area is 197 Å². The molecule has 33 heavy (non-hydrogen) atoms. The van der Waals surface area contributed by atoms with Crippen LogP contribution in [0.5, 0.6) is 5.75 Å². The molecule has 0 bridgehead atoms. The number of carbonyl (C=O) groups is 3. The van der Waals surface area contributed by atoms with Crippen LogP contribution in [0.3, 0.4) is 0 Å². The lowest BCUT2D eigenvalue weighted by molar-refractivity contribution is -0.143. The standard InChI is InChI=1S/C20H22N2O2S.C4H6O4/c1-3-15-4-7-17(21-13-15)10-11-24-18-8-5-16(6-9-18)12-19-14(2)22-20(23)25-19;5-3(6)1-2-4(7)8/h4-9,13,19H,2-3,10-12H2,1H3,(H,22,23);1-2H2,(H,5,6)(H,7,8). The number of carboxylic acids is 2. The number of ether oxygens (including phenoxy) is 1. The summed E-state index contributed by atoms with van der Waals surface area (Å²) in [5, 5.41) is 18.6. The highest BCUT2D eigenvalue weighted by Crippen LogP contribution is 2.28. The fourth-order valence-electron chi connectivity index (χ4n) is 2.84. The minimum atomic E-state index is -1.08. The van der Waals surface area contributed by atoms with E-state index in [1.807, 2.05) is 30.5 Å². The Balaban J connectivity index is 0.000000414. The van der Waals surface area contributed by atoms with Crippen LogP contribution in [-0.2, 0) is 28.9 Å². The number of pyridine rings is 1. The predicted octanol–water partition coefficient (Wildman–Crippen LogP) is 4.08. The molecule has 0 aliphatic carbocycles. The fraction of sp³-hybridized carbons (Fsp3) is 0.333. The number of nitrogens with zero attached hydrogens (tertiary/aromatic N) is 1. The Morgan fingerprint density at radius 1 is 1.09 bits per heavy atom. The van der Waals surface area contributed by atoms with Gasteiger partial charge in [0.25, 0.3) is 5.24 Å². The summed E-state index contributed by atoms with van der Waals surface area (Å²) < 4.78 is 5.80. The number of rotatable bonds is 10. The molecule has 1 atom stereocenters. The molecule has 1 fully saturated rings. The molecule has 8 nitrogen and oxygen atoms in total. The van der Waals surface area contributed by atoms with E-state index in [1.54, 1.807) is 0 Å². The molecule has 9 heteroatoms. The Morgan fingerprint density at radius 2 is 1.73 bits per heavy atom. The normalized spacial score (nSPS) is 14.8. The summed E-state index contributed by atoms with van der Waals surface area (Å²) in [6.07, 6.45) is 3.92. The quantitative estimate of drug-likeness (QED) is 0.472. The molecule has 0 saturated carbocycles. The maximum Gasteiger partial charge on any atom is 0.303 e. The average Bonchev–Trinajstić information content (AvgIpc) is 3.11. The number of aryl methyl sites for hydroxylation is 1. The molecule has 1 saturated heterocycles. The molecule has 1 aliphatic rings. The molecule has 176 valence electrons. The van der Waals surface area contributed by atoms with Gasteiger partial charge < -0.3 is 20.3 Å². The van der Waals surface area contributed by atoms with Crippen LogP contribution in [0.2, 0.25) is 0 Å². The number of amides is 1. The number of benzene rings is 1. The zero-order valence-corrected chi connectivity index (χ0v) is 19.3. The van der Waals surface area contributed by atoms with Gasteiger partial charge in [0, 0.05) is 24.0 Å². The van der Waals surface area contributed by atoms with Gasteiger partial charge in [-0.1, -0.05) is 43.5 Å². The number of nitrogens with one attached hydrogen (secondary N) is 1. The average molecular weight is 473 g/mol. The van der Waals surface area contributed by atoms with Crippen molar-refractivity contribution in [2.24, 2.45) is 0 Å². The molecule has 3 N–H and O–H groups in total. The van der Waals surface area contributed by atoms with E-state index in [0.29, 0.717) is 6.61 Å². The molecular weight excluding hydrogens is 444 g/mol. The fourth-order valence-corrected chi connectivity index (χ4v) is 3.77. The highest BCUT2D eigenvalue weighted by Gasteiger charge is 2.26. The summed E-state index contributed by atoms with van der Waals surface area (Å²) >= 11 is 1.30. The molecule has 0 radical (unpaired) electrons. The maximum atomic E-state index is 11.3. The van der Waals surface area contributed by atoms with Gasteiger partial charge in [-0.2, -0.15) is 0 Å². The van der Waals surface area contributed by atoms with Gasteiger partial charge in [-0.25, -0.2) is 0 Å². The van der Waals surface area contributed by atoms with Crippen LogP contribution >= 0.6 is 11.8 Å². The van der Waals surface area contributed by atoms with Crippen LogP contribution in [0.25, 0.3) is 0 Å². The third-order valence-corrected chi connectivity index (χ3v) is 5.77. The van der Waals surface area contributed by atoms with Gasteiger partial charge in [0.15, 0.2) is 0 Å². The van der Waals surface area contributed by atoms with Gasteiger partial charge in [0.1, 0.15) is 5.75 Å². The highest BCUT2D eigenvalue weighted by molar-refractivity contribution is 8.14. The molecule has 1 amide bonds. The summed E-state index contributed by atoms with van der Waals surface area (Å²) in [6.45, 7) is 6.62. The van der Waals surface area contributed by atoms with E-state index in [-0.39, 0.29) is 23.3 Å². The van der Waals surface area contributed by atoms with Crippen LogP contribution in [0.15, 0.2) is 54.9 Å². The number of aliphatic carboxylic acids is 2. The predicted molar refractivity (Wildman–Crippen MR) is 127 cm³/mol. The Kier molecular flexibility index (Phi) is 10.4. The number of aromatic nitrogens is 1. The van der Waals surface area contributed by atoms with Gasteiger partial charge in [0.05, 0.1) is 24.7 Å². The van der Waals surface area contributed by atoms with Crippen LogP contribution in [0.1, 0.15) is 36.6 Å². The number of thioether (sulfide) groups is 1. The van der Waals surface area contributed by atoms with E-state index in [4.69, 9.17) is 14.9 Å². The van der Waals surface area contributed by atoms with Gasteiger partial charge >= 0.3 is 11.9 Å². The van der Waals surface area contributed by atoms with Crippen molar-refractivity contribution in [2.75, 3.05) is 6.61 Å². The minimum absolute atomic E-state index is 0.0180. The first kappa shape index (κ1) is 25.9. The van der Waals surface area contributed by atoms with Gasteiger partial charge in [-0.3, -0.25) is 19.4 Å². The topological polar surface area (TPSA) is 126 Å². The molecule has 2 aromatic rings. The van der Waals surface area contributed by atoms with Crippen LogP contribution in [0.4, 0.5) is 4.79 Å². The minimum Gasteiger partial charge on any atom is -0.493 e. The molecule has 1 aromatic carbocycles. The summed E-state index contributed by atoms with van der Waals surface area (Å²) in [5.41, 5.74) is 4.25. The van der Waals surface area contributed by atoms with Crippen molar-refractivity contribution < 1.29 is 29.3 Å².